The summed E-state index contributed by atoms with van der Waals surface area (Å²) in [6, 6.07) is -0.875. The van der Waals surface area contributed by atoms with Crippen molar-refractivity contribution in [2.45, 2.75) is 50.9 Å². The number of hydrogen-bond acceptors (Lipinski definition) is 4. The van der Waals surface area contributed by atoms with E-state index in [2.05, 4.69) is 0 Å². The number of urea groups is 1. The topological polar surface area (TPSA) is 102 Å². The number of primary amides is 1. The minimum atomic E-state index is -0.875. The Labute approximate surface area is 94.1 Å². The Kier molecular flexibility index (Phi) is 4.70. The SMILES string of the molecule is CC(OC1CCC(O)CC1)C(=O)NC(N)=O. The van der Waals surface area contributed by atoms with Crippen LogP contribution in [-0.2, 0) is 9.53 Å². The van der Waals surface area contributed by atoms with Crippen LogP contribution in [0.25, 0.3) is 0 Å². The van der Waals surface area contributed by atoms with Crippen molar-refractivity contribution < 1.29 is 19.4 Å². The molecule has 92 valence electrons. The van der Waals surface area contributed by atoms with E-state index in [1.807, 2.05) is 5.32 Å². The second-order valence-corrected chi connectivity index (χ2v) is 4.06. The number of imide groups is 1. The maximum Gasteiger partial charge on any atom is 0.318 e. The fourth-order valence-electron chi connectivity index (χ4n) is 1.75. The van der Waals surface area contributed by atoms with Crippen molar-refractivity contribution >= 4 is 11.9 Å². The summed E-state index contributed by atoms with van der Waals surface area (Å²) in [5.74, 6) is -0.529. The van der Waals surface area contributed by atoms with E-state index in [0.29, 0.717) is 12.8 Å². The van der Waals surface area contributed by atoms with Gasteiger partial charge in [0.1, 0.15) is 6.10 Å². The van der Waals surface area contributed by atoms with Gasteiger partial charge in [0, 0.05) is 0 Å². The van der Waals surface area contributed by atoms with Crippen LogP contribution >= 0.6 is 0 Å². The zero-order valence-electron chi connectivity index (χ0n) is 9.31. The van der Waals surface area contributed by atoms with Crippen molar-refractivity contribution in [3.8, 4) is 0 Å². The van der Waals surface area contributed by atoms with Gasteiger partial charge in [0.2, 0.25) is 0 Å². The maximum atomic E-state index is 11.3. The minimum Gasteiger partial charge on any atom is -0.393 e. The Morgan fingerprint density at radius 3 is 2.44 bits per heavy atom. The van der Waals surface area contributed by atoms with Gasteiger partial charge in [-0.25, -0.2) is 4.79 Å². The van der Waals surface area contributed by atoms with Gasteiger partial charge in [-0.2, -0.15) is 0 Å². The summed E-state index contributed by atoms with van der Waals surface area (Å²) in [4.78, 5) is 21.8. The molecule has 3 amide bonds. The largest absolute Gasteiger partial charge is 0.393 e. The molecule has 1 aliphatic carbocycles. The van der Waals surface area contributed by atoms with E-state index >= 15 is 0 Å². The lowest BCUT2D eigenvalue weighted by molar-refractivity contribution is -0.136. The molecule has 0 heterocycles. The first-order valence-electron chi connectivity index (χ1n) is 5.43. The smallest absolute Gasteiger partial charge is 0.318 e. The first-order valence-corrected chi connectivity index (χ1v) is 5.43. The molecule has 4 N–H and O–H groups in total. The molecule has 0 aromatic heterocycles. The van der Waals surface area contributed by atoms with Gasteiger partial charge in [-0.3, -0.25) is 10.1 Å². The molecule has 6 nitrogen and oxygen atoms in total. The number of amides is 3. The van der Waals surface area contributed by atoms with Crippen molar-refractivity contribution in [2.75, 3.05) is 0 Å². The van der Waals surface area contributed by atoms with Crippen LogP contribution in [0.3, 0.4) is 0 Å². The first kappa shape index (κ1) is 12.9. The van der Waals surface area contributed by atoms with Gasteiger partial charge >= 0.3 is 6.03 Å². The van der Waals surface area contributed by atoms with Crippen molar-refractivity contribution in [3.63, 3.8) is 0 Å². The van der Waals surface area contributed by atoms with Gasteiger partial charge in [-0.05, 0) is 32.6 Å². The number of carbonyl (C=O) groups excluding carboxylic acids is 2. The normalized spacial score (nSPS) is 27.1. The molecular weight excluding hydrogens is 212 g/mol. The van der Waals surface area contributed by atoms with Gasteiger partial charge in [0.15, 0.2) is 0 Å². The van der Waals surface area contributed by atoms with Crippen molar-refractivity contribution in [1.82, 2.24) is 5.32 Å². The van der Waals surface area contributed by atoms with Crippen LogP contribution in [0, 0.1) is 0 Å². The van der Waals surface area contributed by atoms with E-state index in [1.165, 1.54) is 0 Å². The van der Waals surface area contributed by atoms with Gasteiger partial charge in [0.05, 0.1) is 12.2 Å². The van der Waals surface area contributed by atoms with E-state index in [9.17, 15) is 14.7 Å². The standard InChI is InChI=1S/C10H18N2O4/c1-6(9(14)12-10(11)15)16-8-4-2-7(13)3-5-8/h6-8,13H,2-5H2,1H3,(H3,11,12,14,15). The van der Waals surface area contributed by atoms with E-state index < -0.39 is 18.0 Å². The number of hydrogen-bond donors (Lipinski definition) is 3. The lowest BCUT2D eigenvalue weighted by atomic mass is 9.95. The molecule has 1 fully saturated rings. The summed E-state index contributed by atoms with van der Waals surface area (Å²) < 4.78 is 5.47. The van der Waals surface area contributed by atoms with Crippen LogP contribution in [0.4, 0.5) is 4.79 Å². The number of carbonyl (C=O) groups is 2. The Morgan fingerprint density at radius 2 is 1.94 bits per heavy atom. The second-order valence-electron chi connectivity index (χ2n) is 4.06. The molecular formula is C10H18N2O4. The van der Waals surface area contributed by atoms with Crippen molar-refractivity contribution in [3.05, 3.63) is 0 Å². The van der Waals surface area contributed by atoms with Crippen molar-refractivity contribution in [1.29, 1.82) is 0 Å². The highest BCUT2D eigenvalue weighted by Crippen LogP contribution is 2.21. The maximum absolute atomic E-state index is 11.3. The molecule has 0 radical (unpaired) electrons. The van der Waals surface area contributed by atoms with Gasteiger partial charge in [0.25, 0.3) is 5.91 Å². The third-order valence-corrected chi connectivity index (χ3v) is 2.66. The number of rotatable bonds is 3. The Bertz CT molecular complexity index is 262. The fraction of sp³-hybridized carbons (Fsp3) is 0.800. The van der Waals surface area contributed by atoms with Gasteiger partial charge < -0.3 is 15.6 Å². The van der Waals surface area contributed by atoms with Crippen LogP contribution in [0.15, 0.2) is 0 Å². The van der Waals surface area contributed by atoms with Crippen LogP contribution in [-0.4, -0.2) is 35.4 Å². The Morgan fingerprint density at radius 1 is 1.38 bits per heavy atom. The molecule has 1 aliphatic rings. The van der Waals surface area contributed by atoms with E-state index in [-0.39, 0.29) is 12.2 Å². The summed E-state index contributed by atoms with van der Waals surface area (Å²) >= 11 is 0. The molecule has 0 spiro atoms. The molecule has 1 atom stereocenters. The van der Waals surface area contributed by atoms with Crippen LogP contribution < -0.4 is 11.1 Å². The number of aliphatic hydroxyl groups excluding tert-OH is 1. The fourth-order valence-corrected chi connectivity index (χ4v) is 1.75. The molecule has 1 rings (SSSR count). The highest BCUT2D eigenvalue weighted by atomic mass is 16.5. The number of nitrogens with one attached hydrogen (secondary N) is 1. The molecule has 1 saturated carbocycles. The van der Waals surface area contributed by atoms with E-state index in [1.54, 1.807) is 6.92 Å². The minimum absolute atomic E-state index is 0.0305. The van der Waals surface area contributed by atoms with Gasteiger partial charge in [-0.1, -0.05) is 0 Å². The molecule has 0 saturated heterocycles. The van der Waals surface area contributed by atoms with Crippen molar-refractivity contribution in [2.24, 2.45) is 5.73 Å². The monoisotopic (exact) mass is 230 g/mol. The summed E-state index contributed by atoms with van der Waals surface area (Å²) in [5.41, 5.74) is 4.82. The van der Waals surface area contributed by atoms with Crippen LogP contribution in [0.1, 0.15) is 32.6 Å². The van der Waals surface area contributed by atoms with E-state index in [0.717, 1.165) is 12.8 Å². The van der Waals surface area contributed by atoms with Crippen LogP contribution in [0.5, 0.6) is 0 Å². The lowest BCUT2D eigenvalue weighted by Crippen LogP contribution is -2.43. The van der Waals surface area contributed by atoms with Gasteiger partial charge in [-0.15, -0.1) is 0 Å². The first-order chi connectivity index (χ1) is 7.49. The quantitative estimate of drug-likeness (QED) is 0.629. The molecule has 1 unspecified atom stereocenters. The highest BCUT2D eigenvalue weighted by Gasteiger charge is 2.24. The zero-order valence-corrected chi connectivity index (χ0v) is 9.31. The van der Waals surface area contributed by atoms with Crippen LogP contribution in [0.2, 0.25) is 0 Å². The summed E-state index contributed by atoms with van der Waals surface area (Å²) in [6.07, 6.45) is 1.85. The average molecular weight is 230 g/mol. The molecule has 6 heteroatoms. The summed E-state index contributed by atoms with van der Waals surface area (Å²) in [6.45, 7) is 1.57. The summed E-state index contributed by atoms with van der Waals surface area (Å²) in [7, 11) is 0. The predicted octanol–water partition coefficient (Wildman–Crippen LogP) is -0.110. The molecule has 0 bridgehead atoms. The van der Waals surface area contributed by atoms with E-state index in [4.69, 9.17) is 10.5 Å². The third-order valence-electron chi connectivity index (χ3n) is 2.66. The summed E-state index contributed by atoms with van der Waals surface area (Å²) in [5, 5.41) is 11.3. The molecule has 0 aromatic rings. The zero-order chi connectivity index (χ0) is 12.1. The number of ether oxygens (including phenoxy) is 1. The highest BCUT2D eigenvalue weighted by molar-refractivity contribution is 5.95. The average Bonchev–Trinajstić information content (AvgIpc) is 2.20. The second kappa shape index (κ2) is 5.81. The molecule has 16 heavy (non-hydrogen) atoms. The number of aliphatic hydroxyl groups is 1. The lowest BCUT2D eigenvalue weighted by Gasteiger charge is -2.27. The number of nitrogens with two attached hydrogens (primary N) is 1. The Hall–Kier alpha value is -1.14. The molecule has 0 aromatic carbocycles. The third kappa shape index (κ3) is 4.16. The predicted molar refractivity (Wildman–Crippen MR) is 56.5 cm³/mol. The molecule has 0 aliphatic heterocycles. The Balaban J connectivity index is 2.30.